The maximum atomic E-state index is 14.5. The molecule has 1 saturated heterocycles. The van der Waals surface area contributed by atoms with Gasteiger partial charge in [0.25, 0.3) is 0 Å². The van der Waals surface area contributed by atoms with Gasteiger partial charge in [-0.25, -0.2) is 12.7 Å². The van der Waals surface area contributed by atoms with Gasteiger partial charge in [-0.1, -0.05) is 74.3 Å². The van der Waals surface area contributed by atoms with Gasteiger partial charge >= 0.3 is 0 Å². The number of hydrogen-bond acceptors (Lipinski definition) is 3. The first-order valence-corrected chi connectivity index (χ1v) is 15.5. The fourth-order valence-electron chi connectivity index (χ4n) is 5.86. The molecule has 0 unspecified atom stereocenters. The molecule has 1 amide bonds. The highest BCUT2D eigenvalue weighted by Gasteiger charge is 2.52. The number of sulfonamides is 1. The summed E-state index contributed by atoms with van der Waals surface area (Å²) < 4.78 is 27.7. The second-order valence-electron chi connectivity index (χ2n) is 11.5. The summed E-state index contributed by atoms with van der Waals surface area (Å²) in [5.41, 5.74) is 1.32. The van der Waals surface area contributed by atoms with Crippen molar-refractivity contribution in [2.45, 2.75) is 69.7 Å². The topological polar surface area (TPSA) is 57.7 Å². The summed E-state index contributed by atoms with van der Waals surface area (Å²) in [6.07, 6.45) is 4.34. The van der Waals surface area contributed by atoms with Gasteiger partial charge in [-0.2, -0.15) is 0 Å². The van der Waals surface area contributed by atoms with E-state index in [0.29, 0.717) is 35.7 Å². The van der Waals surface area contributed by atoms with E-state index in [0.717, 1.165) is 11.1 Å². The summed E-state index contributed by atoms with van der Waals surface area (Å²) in [4.78, 5) is 16.5. The van der Waals surface area contributed by atoms with Gasteiger partial charge in [-0.3, -0.25) is 4.79 Å². The number of likely N-dealkylation sites (tertiary alicyclic amines) is 1. The van der Waals surface area contributed by atoms with Gasteiger partial charge in [-0.05, 0) is 67.0 Å². The summed E-state index contributed by atoms with van der Waals surface area (Å²) in [6.45, 7) is 10.3. The molecule has 0 spiro atoms. The molecular weight excluding hydrogens is 539 g/mol. The number of benzene rings is 2. The van der Waals surface area contributed by atoms with E-state index in [1.54, 1.807) is 7.05 Å². The second-order valence-corrected chi connectivity index (χ2v) is 14.7. The van der Waals surface area contributed by atoms with Crippen molar-refractivity contribution in [1.82, 2.24) is 9.21 Å². The molecule has 4 rings (SSSR count). The molecule has 0 N–H and O–H groups in total. The number of amides is 1. The number of hydrogen-bond donors (Lipinski definition) is 0. The monoisotopic (exact) mass is 576 g/mol. The average Bonchev–Trinajstić information content (AvgIpc) is 3.71. The van der Waals surface area contributed by atoms with Crippen LogP contribution >= 0.6 is 23.2 Å². The Morgan fingerprint density at radius 1 is 1.11 bits per heavy atom. The molecule has 0 bridgehead atoms. The van der Waals surface area contributed by atoms with E-state index in [2.05, 4.69) is 26.5 Å². The molecule has 5 nitrogen and oxygen atoms in total. The Kier molecular flexibility index (Phi) is 8.68. The molecule has 38 heavy (non-hydrogen) atoms. The van der Waals surface area contributed by atoms with Crippen LogP contribution in [0.15, 0.2) is 61.2 Å². The van der Waals surface area contributed by atoms with Crippen molar-refractivity contribution in [2.75, 3.05) is 13.6 Å². The first-order valence-electron chi connectivity index (χ1n) is 13.3. The third-order valence-corrected chi connectivity index (χ3v) is 11.0. The lowest BCUT2D eigenvalue weighted by Crippen LogP contribution is -2.59. The third-order valence-electron chi connectivity index (χ3n) is 8.14. The average molecular weight is 578 g/mol. The number of likely N-dealkylation sites (N-methyl/N-ethyl adjacent to an activating group) is 1. The normalized spacial score (nSPS) is 25.2. The molecule has 4 atom stereocenters. The maximum absolute atomic E-state index is 14.5. The van der Waals surface area contributed by atoms with Crippen LogP contribution in [-0.2, 0) is 14.8 Å². The highest BCUT2D eigenvalue weighted by Crippen LogP contribution is 2.52. The maximum Gasteiger partial charge on any atom is 0.229 e. The molecule has 1 aliphatic heterocycles. The number of carbonyl (C=O) groups excluding carboxylic acids is 1. The quantitative estimate of drug-likeness (QED) is 0.284. The SMILES string of the molecule is C=CC[C@@]1(C)C[C@H](c2cccc(Cl)c2)[C@@H](c2ccc(Cl)cc2)N([C@H](CN(C)S(=O)(=O)C2CC2)C(C)C)C1=O. The lowest BCUT2D eigenvalue weighted by Gasteiger charge is -2.53. The van der Waals surface area contributed by atoms with Crippen LogP contribution in [0.5, 0.6) is 0 Å². The number of carbonyl (C=O) groups is 1. The van der Waals surface area contributed by atoms with E-state index < -0.39 is 15.4 Å². The zero-order chi connectivity index (χ0) is 27.8. The summed E-state index contributed by atoms with van der Waals surface area (Å²) in [5.74, 6) is -0.0348. The van der Waals surface area contributed by atoms with Crippen LogP contribution in [0.25, 0.3) is 0 Å². The minimum atomic E-state index is -3.40. The van der Waals surface area contributed by atoms with E-state index in [4.69, 9.17) is 23.2 Å². The largest absolute Gasteiger partial charge is 0.330 e. The molecule has 1 saturated carbocycles. The smallest absolute Gasteiger partial charge is 0.229 e. The molecule has 2 fully saturated rings. The Hall–Kier alpha value is -1.86. The fourth-order valence-corrected chi connectivity index (χ4v) is 7.79. The van der Waals surface area contributed by atoms with Crippen molar-refractivity contribution in [1.29, 1.82) is 0 Å². The van der Waals surface area contributed by atoms with Crippen LogP contribution in [0.1, 0.15) is 69.5 Å². The Bertz CT molecular complexity index is 1280. The highest BCUT2D eigenvalue weighted by atomic mass is 35.5. The van der Waals surface area contributed by atoms with Crippen molar-refractivity contribution < 1.29 is 13.2 Å². The van der Waals surface area contributed by atoms with Gasteiger partial charge in [-0.15, -0.1) is 6.58 Å². The van der Waals surface area contributed by atoms with Gasteiger partial charge in [0.2, 0.25) is 15.9 Å². The van der Waals surface area contributed by atoms with Crippen molar-refractivity contribution in [3.8, 4) is 0 Å². The zero-order valence-electron chi connectivity index (χ0n) is 22.6. The van der Waals surface area contributed by atoms with E-state index >= 15 is 0 Å². The van der Waals surface area contributed by atoms with Crippen LogP contribution in [0.4, 0.5) is 0 Å². The molecule has 206 valence electrons. The van der Waals surface area contributed by atoms with Crippen LogP contribution < -0.4 is 0 Å². The van der Waals surface area contributed by atoms with Crippen molar-refractivity contribution in [3.63, 3.8) is 0 Å². The third kappa shape index (κ3) is 5.84. The Labute approximate surface area is 237 Å². The summed E-state index contributed by atoms with van der Waals surface area (Å²) in [7, 11) is -1.76. The molecule has 0 radical (unpaired) electrons. The van der Waals surface area contributed by atoms with Gasteiger partial charge in [0.15, 0.2) is 0 Å². The zero-order valence-corrected chi connectivity index (χ0v) is 24.9. The predicted molar refractivity (Wildman–Crippen MR) is 156 cm³/mol. The predicted octanol–water partition coefficient (Wildman–Crippen LogP) is 7.08. The molecule has 2 aromatic rings. The summed E-state index contributed by atoms with van der Waals surface area (Å²) in [5, 5.41) is 0.950. The minimum absolute atomic E-state index is 0.0108. The van der Waals surface area contributed by atoms with Crippen LogP contribution in [-0.4, -0.2) is 48.4 Å². The lowest BCUT2D eigenvalue weighted by atomic mass is 9.66. The van der Waals surface area contributed by atoms with Crippen molar-refractivity contribution in [2.24, 2.45) is 11.3 Å². The molecule has 8 heteroatoms. The second kappa shape index (κ2) is 11.3. The van der Waals surface area contributed by atoms with Gasteiger partial charge in [0.05, 0.1) is 16.7 Å². The first-order chi connectivity index (χ1) is 17.9. The molecule has 1 aliphatic carbocycles. The Morgan fingerprint density at radius 2 is 1.76 bits per heavy atom. The van der Waals surface area contributed by atoms with Crippen LogP contribution in [0.2, 0.25) is 10.0 Å². The number of piperidine rings is 1. The van der Waals surface area contributed by atoms with E-state index in [1.165, 1.54) is 4.31 Å². The standard InChI is InChI=1S/C30H38Cl2N2O3S/c1-6-16-30(4)18-26(22-8-7-9-24(32)17-22)28(21-10-12-23(31)13-11-21)34(29(30)35)27(20(2)3)19-33(5)38(36,37)25-14-15-25/h6-13,17,20,25-28H,1,14-16,18-19H2,2-5H3/t26-,27-,28-,30+/m1/s1. The molecular formula is C30H38Cl2N2O3S. The Balaban J connectivity index is 1.88. The van der Waals surface area contributed by atoms with Gasteiger partial charge in [0, 0.05) is 35.6 Å². The lowest BCUT2D eigenvalue weighted by molar-refractivity contribution is -0.156. The fraction of sp³-hybridized carbons (Fsp3) is 0.500. The molecule has 2 aliphatic rings. The number of nitrogens with zero attached hydrogens (tertiary/aromatic N) is 2. The minimum Gasteiger partial charge on any atom is -0.330 e. The van der Waals surface area contributed by atoms with Gasteiger partial charge < -0.3 is 4.90 Å². The molecule has 1 heterocycles. The van der Waals surface area contributed by atoms with E-state index in [-0.39, 0.29) is 41.6 Å². The number of allylic oxidation sites excluding steroid dienone is 1. The van der Waals surface area contributed by atoms with Crippen LogP contribution in [0.3, 0.4) is 0 Å². The summed E-state index contributed by atoms with van der Waals surface area (Å²) >= 11 is 12.7. The highest BCUT2D eigenvalue weighted by molar-refractivity contribution is 7.90. The van der Waals surface area contributed by atoms with Crippen LogP contribution in [0, 0.1) is 11.3 Å². The van der Waals surface area contributed by atoms with Gasteiger partial charge in [0.1, 0.15) is 0 Å². The molecule has 0 aromatic heterocycles. The van der Waals surface area contributed by atoms with E-state index in [1.807, 2.05) is 60.4 Å². The number of halogens is 2. The van der Waals surface area contributed by atoms with Crippen molar-refractivity contribution >= 4 is 39.1 Å². The first kappa shape index (κ1) is 29.1. The van der Waals surface area contributed by atoms with Crippen molar-refractivity contribution in [3.05, 3.63) is 82.4 Å². The number of rotatable bonds is 10. The Morgan fingerprint density at radius 3 is 2.32 bits per heavy atom. The summed E-state index contributed by atoms with van der Waals surface area (Å²) in [6, 6.07) is 14.8. The van der Waals surface area contributed by atoms with E-state index in [9.17, 15) is 13.2 Å². The molecule has 2 aromatic carbocycles.